The number of nitrogen functional groups attached to an aromatic ring is 1. The Kier molecular flexibility index (Phi) is 3.22. The average Bonchev–Trinajstić information content (AvgIpc) is 2.47. The molecule has 0 unspecified atom stereocenters. The highest BCUT2D eigenvalue weighted by Gasteiger charge is 2.09. The Labute approximate surface area is 124 Å². The topological polar surface area (TPSA) is 55.0 Å². The molecule has 2 aromatic carbocycles. The van der Waals surface area contributed by atoms with E-state index in [-0.39, 0.29) is 0 Å². The van der Waals surface area contributed by atoms with Crippen LogP contribution in [0.2, 0.25) is 0 Å². The fraction of sp³-hybridized carbons (Fsp3) is 0.176. The van der Waals surface area contributed by atoms with Crippen LogP contribution in [0.25, 0.3) is 22.3 Å². The van der Waals surface area contributed by atoms with Crippen molar-refractivity contribution in [1.29, 1.82) is 0 Å². The summed E-state index contributed by atoms with van der Waals surface area (Å²) in [6.45, 7) is 2.02. The number of hydrogen-bond donors (Lipinski definition) is 1. The number of rotatable bonds is 2. The maximum atomic E-state index is 6.11. The molecule has 3 rings (SSSR count). The molecular formula is C17H18N4. The van der Waals surface area contributed by atoms with Gasteiger partial charge >= 0.3 is 0 Å². The third-order valence-electron chi connectivity index (χ3n) is 3.60. The van der Waals surface area contributed by atoms with E-state index in [1.165, 1.54) is 0 Å². The van der Waals surface area contributed by atoms with Crippen molar-refractivity contribution in [2.45, 2.75) is 6.92 Å². The summed E-state index contributed by atoms with van der Waals surface area (Å²) in [5, 5.41) is 0.936. The largest absolute Gasteiger partial charge is 0.383 e. The van der Waals surface area contributed by atoms with E-state index in [4.69, 9.17) is 5.73 Å². The fourth-order valence-electron chi connectivity index (χ4n) is 2.43. The summed E-state index contributed by atoms with van der Waals surface area (Å²) < 4.78 is 0. The van der Waals surface area contributed by atoms with E-state index >= 15 is 0 Å². The molecule has 1 heterocycles. The number of nitrogens with two attached hydrogens (primary N) is 1. The minimum atomic E-state index is 0.532. The summed E-state index contributed by atoms with van der Waals surface area (Å²) in [6, 6.07) is 14.1. The van der Waals surface area contributed by atoms with Crippen LogP contribution in [-0.4, -0.2) is 24.1 Å². The normalized spacial score (nSPS) is 10.8. The van der Waals surface area contributed by atoms with Crippen LogP contribution < -0.4 is 10.6 Å². The van der Waals surface area contributed by atoms with Gasteiger partial charge < -0.3 is 10.6 Å². The zero-order valence-corrected chi connectivity index (χ0v) is 12.5. The Morgan fingerprint density at radius 1 is 0.952 bits per heavy atom. The summed E-state index contributed by atoms with van der Waals surface area (Å²) in [4.78, 5) is 11.2. The number of benzene rings is 2. The van der Waals surface area contributed by atoms with Gasteiger partial charge in [-0.15, -0.1) is 0 Å². The van der Waals surface area contributed by atoms with Gasteiger partial charge in [0.05, 0.1) is 5.52 Å². The van der Waals surface area contributed by atoms with Crippen molar-refractivity contribution in [1.82, 2.24) is 9.97 Å². The highest BCUT2D eigenvalue weighted by Crippen LogP contribution is 2.26. The summed E-state index contributed by atoms with van der Waals surface area (Å²) in [5.74, 6) is 1.20. The van der Waals surface area contributed by atoms with Crippen LogP contribution in [-0.2, 0) is 0 Å². The SMILES string of the molecule is Cc1cccc2nc(-c3ccc(N(C)C)cc3)nc(N)c12. The van der Waals surface area contributed by atoms with Crippen LogP contribution in [0.1, 0.15) is 5.56 Å². The summed E-state index contributed by atoms with van der Waals surface area (Å²) >= 11 is 0. The predicted molar refractivity (Wildman–Crippen MR) is 88.5 cm³/mol. The molecule has 4 nitrogen and oxygen atoms in total. The second kappa shape index (κ2) is 5.05. The monoisotopic (exact) mass is 278 g/mol. The molecule has 3 aromatic rings. The minimum absolute atomic E-state index is 0.532. The molecule has 0 fully saturated rings. The number of aryl methyl sites for hydroxylation is 1. The van der Waals surface area contributed by atoms with Crippen molar-refractivity contribution in [2.24, 2.45) is 0 Å². The standard InChI is InChI=1S/C17H18N4/c1-11-5-4-6-14-15(11)16(18)20-17(19-14)12-7-9-13(10-8-12)21(2)3/h4-10H,1-3H3,(H2,18,19,20). The smallest absolute Gasteiger partial charge is 0.162 e. The predicted octanol–water partition coefficient (Wildman–Crippen LogP) is 3.25. The van der Waals surface area contributed by atoms with Crippen LogP contribution in [0.15, 0.2) is 42.5 Å². The second-order valence-corrected chi connectivity index (χ2v) is 5.34. The number of aromatic nitrogens is 2. The maximum absolute atomic E-state index is 6.11. The van der Waals surface area contributed by atoms with Crippen molar-refractivity contribution in [3.05, 3.63) is 48.0 Å². The maximum Gasteiger partial charge on any atom is 0.162 e. The average molecular weight is 278 g/mol. The van der Waals surface area contributed by atoms with Crippen molar-refractivity contribution < 1.29 is 0 Å². The molecule has 21 heavy (non-hydrogen) atoms. The Balaban J connectivity index is 2.13. The molecular weight excluding hydrogens is 260 g/mol. The first-order valence-corrected chi connectivity index (χ1v) is 6.87. The lowest BCUT2D eigenvalue weighted by atomic mass is 10.1. The lowest BCUT2D eigenvalue weighted by molar-refractivity contribution is 1.13. The lowest BCUT2D eigenvalue weighted by Gasteiger charge is -2.13. The van der Waals surface area contributed by atoms with Gasteiger partial charge in [0.1, 0.15) is 5.82 Å². The van der Waals surface area contributed by atoms with Crippen LogP contribution in [0.4, 0.5) is 11.5 Å². The lowest BCUT2D eigenvalue weighted by Crippen LogP contribution is -2.08. The van der Waals surface area contributed by atoms with Gasteiger partial charge in [0.15, 0.2) is 5.82 Å². The van der Waals surface area contributed by atoms with Crippen LogP contribution in [0.3, 0.4) is 0 Å². The zero-order chi connectivity index (χ0) is 15.0. The van der Waals surface area contributed by atoms with E-state index in [9.17, 15) is 0 Å². The first-order chi connectivity index (χ1) is 10.1. The summed E-state index contributed by atoms with van der Waals surface area (Å²) in [6.07, 6.45) is 0. The van der Waals surface area contributed by atoms with Crippen molar-refractivity contribution >= 4 is 22.4 Å². The Hall–Kier alpha value is -2.62. The molecule has 2 N–H and O–H groups in total. The van der Waals surface area contributed by atoms with E-state index in [0.717, 1.165) is 27.7 Å². The van der Waals surface area contributed by atoms with Gasteiger partial charge in [0, 0.05) is 30.7 Å². The Morgan fingerprint density at radius 2 is 1.67 bits per heavy atom. The zero-order valence-electron chi connectivity index (χ0n) is 12.5. The third kappa shape index (κ3) is 2.40. The first-order valence-electron chi connectivity index (χ1n) is 6.87. The molecule has 0 atom stereocenters. The van der Waals surface area contributed by atoms with E-state index < -0.39 is 0 Å². The molecule has 0 amide bonds. The van der Waals surface area contributed by atoms with E-state index in [2.05, 4.69) is 27.0 Å². The molecule has 0 spiro atoms. The molecule has 1 aromatic heterocycles. The third-order valence-corrected chi connectivity index (χ3v) is 3.60. The van der Waals surface area contributed by atoms with Gasteiger partial charge in [-0.3, -0.25) is 0 Å². The molecule has 0 radical (unpaired) electrons. The van der Waals surface area contributed by atoms with Crippen LogP contribution in [0, 0.1) is 6.92 Å². The second-order valence-electron chi connectivity index (χ2n) is 5.34. The molecule has 0 aliphatic rings. The van der Waals surface area contributed by atoms with Crippen molar-refractivity contribution in [3.8, 4) is 11.4 Å². The van der Waals surface area contributed by atoms with Gasteiger partial charge in [-0.05, 0) is 42.8 Å². The van der Waals surface area contributed by atoms with Gasteiger partial charge in [0.25, 0.3) is 0 Å². The van der Waals surface area contributed by atoms with Gasteiger partial charge in [-0.25, -0.2) is 9.97 Å². The number of hydrogen-bond acceptors (Lipinski definition) is 4. The Bertz CT molecular complexity index is 792. The molecule has 0 bridgehead atoms. The Morgan fingerprint density at radius 3 is 2.33 bits per heavy atom. The number of anilines is 2. The molecule has 0 aliphatic heterocycles. The summed E-state index contributed by atoms with van der Waals surface area (Å²) in [7, 11) is 4.03. The molecule has 0 saturated carbocycles. The number of fused-ring (bicyclic) bond motifs is 1. The quantitative estimate of drug-likeness (QED) is 0.781. The van der Waals surface area contributed by atoms with Gasteiger partial charge in [-0.1, -0.05) is 12.1 Å². The van der Waals surface area contributed by atoms with E-state index in [0.29, 0.717) is 11.6 Å². The number of nitrogens with zero attached hydrogens (tertiary/aromatic N) is 3. The molecule has 106 valence electrons. The molecule has 0 aliphatic carbocycles. The highest BCUT2D eigenvalue weighted by atomic mass is 15.1. The summed E-state index contributed by atoms with van der Waals surface area (Å²) in [5.41, 5.74) is 10.2. The minimum Gasteiger partial charge on any atom is -0.383 e. The van der Waals surface area contributed by atoms with E-state index in [1.54, 1.807) is 0 Å². The fourth-order valence-corrected chi connectivity index (χ4v) is 2.43. The van der Waals surface area contributed by atoms with Gasteiger partial charge in [-0.2, -0.15) is 0 Å². The van der Waals surface area contributed by atoms with Crippen molar-refractivity contribution in [2.75, 3.05) is 24.7 Å². The molecule has 4 heteroatoms. The van der Waals surface area contributed by atoms with Crippen molar-refractivity contribution in [3.63, 3.8) is 0 Å². The van der Waals surface area contributed by atoms with Crippen LogP contribution in [0.5, 0.6) is 0 Å². The molecule has 0 saturated heterocycles. The van der Waals surface area contributed by atoms with Gasteiger partial charge in [0.2, 0.25) is 0 Å². The van der Waals surface area contributed by atoms with Crippen LogP contribution >= 0.6 is 0 Å². The highest BCUT2D eigenvalue weighted by molar-refractivity contribution is 5.92. The first kappa shape index (κ1) is 13.4. The van der Waals surface area contributed by atoms with E-state index in [1.807, 2.05) is 51.4 Å².